The van der Waals surface area contributed by atoms with Crippen molar-refractivity contribution in [3.63, 3.8) is 0 Å². The predicted octanol–water partition coefficient (Wildman–Crippen LogP) is 2.59. The van der Waals surface area contributed by atoms with Crippen molar-refractivity contribution in [3.05, 3.63) is 28.2 Å². The molecule has 2 rings (SSSR count). The molecular weight excluding hydrogens is 320 g/mol. The largest absolute Gasteiger partial charge is 0.389 e. The number of nitrogens with two attached hydrogens (primary N) is 1. The number of nitrogens with zero attached hydrogens (tertiary/aromatic N) is 1. The zero-order chi connectivity index (χ0) is 14.7. The van der Waals surface area contributed by atoms with E-state index in [2.05, 4.69) is 20.8 Å². The lowest BCUT2D eigenvalue weighted by atomic mass is 9.92. The van der Waals surface area contributed by atoms with Crippen molar-refractivity contribution < 1.29 is 9.90 Å². The molecule has 1 aromatic rings. The first kappa shape index (κ1) is 15.3. The third-order valence-electron chi connectivity index (χ3n) is 3.88. The molecule has 20 heavy (non-hydrogen) atoms. The van der Waals surface area contributed by atoms with Gasteiger partial charge in [-0.25, -0.2) is 0 Å². The first-order chi connectivity index (χ1) is 9.47. The Morgan fingerprint density at radius 3 is 2.70 bits per heavy atom. The smallest absolute Gasteiger partial charge is 0.217 e. The van der Waals surface area contributed by atoms with Crippen LogP contribution in [0, 0.1) is 5.92 Å². The van der Waals surface area contributed by atoms with Crippen molar-refractivity contribution in [3.8, 4) is 0 Å². The quantitative estimate of drug-likeness (QED) is 0.885. The normalized spacial score (nSPS) is 18.1. The van der Waals surface area contributed by atoms with Gasteiger partial charge in [0.1, 0.15) is 0 Å². The minimum absolute atomic E-state index is 0.211. The fourth-order valence-electron chi connectivity index (χ4n) is 2.81. The molecule has 1 aliphatic rings. The SMILES string of the molecule is CC(O)c1cc(Br)ccc1N1CCC(CC(N)=O)CC1. The summed E-state index contributed by atoms with van der Waals surface area (Å²) in [7, 11) is 0. The zero-order valence-corrected chi connectivity index (χ0v) is 13.3. The van der Waals surface area contributed by atoms with E-state index in [1.807, 2.05) is 18.2 Å². The molecule has 0 bridgehead atoms. The van der Waals surface area contributed by atoms with E-state index < -0.39 is 6.10 Å². The molecule has 3 N–H and O–H groups in total. The lowest BCUT2D eigenvalue weighted by Crippen LogP contribution is -2.35. The van der Waals surface area contributed by atoms with Crippen LogP contribution in [0.2, 0.25) is 0 Å². The van der Waals surface area contributed by atoms with Crippen molar-refractivity contribution in [1.29, 1.82) is 0 Å². The van der Waals surface area contributed by atoms with E-state index in [1.165, 1.54) is 0 Å². The van der Waals surface area contributed by atoms with E-state index in [9.17, 15) is 9.90 Å². The van der Waals surface area contributed by atoms with E-state index in [0.29, 0.717) is 12.3 Å². The van der Waals surface area contributed by atoms with Crippen molar-refractivity contribution >= 4 is 27.5 Å². The monoisotopic (exact) mass is 340 g/mol. The fourth-order valence-corrected chi connectivity index (χ4v) is 3.19. The molecule has 0 saturated carbocycles. The molecule has 1 saturated heterocycles. The number of rotatable bonds is 4. The number of piperidine rings is 1. The molecule has 1 fully saturated rings. The molecule has 1 aromatic carbocycles. The Morgan fingerprint density at radius 1 is 1.50 bits per heavy atom. The van der Waals surface area contributed by atoms with Crippen LogP contribution in [0.5, 0.6) is 0 Å². The second kappa shape index (κ2) is 6.59. The van der Waals surface area contributed by atoms with Gasteiger partial charge in [-0.05, 0) is 43.9 Å². The summed E-state index contributed by atoms with van der Waals surface area (Å²) in [6, 6.07) is 6.01. The van der Waals surface area contributed by atoms with Gasteiger partial charge in [0.15, 0.2) is 0 Å². The Morgan fingerprint density at radius 2 is 2.15 bits per heavy atom. The third-order valence-corrected chi connectivity index (χ3v) is 4.38. The summed E-state index contributed by atoms with van der Waals surface area (Å²) < 4.78 is 0.973. The topological polar surface area (TPSA) is 66.6 Å². The number of hydrogen-bond donors (Lipinski definition) is 2. The minimum atomic E-state index is -0.495. The van der Waals surface area contributed by atoms with Gasteiger partial charge in [0.2, 0.25) is 5.91 Å². The Balaban J connectivity index is 2.09. The Bertz CT molecular complexity index is 483. The zero-order valence-electron chi connectivity index (χ0n) is 11.7. The maximum atomic E-state index is 11.0. The molecule has 1 heterocycles. The highest BCUT2D eigenvalue weighted by Gasteiger charge is 2.23. The van der Waals surface area contributed by atoms with Gasteiger partial charge in [0.05, 0.1) is 6.10 Å². The van der Waals surface area contributed by atoms with Gasteiger partial charge in [-0.1, -0.05) is 15.9 Å². The van der Waals surface area contributed by atoms with E-state index >= 15 is 0 Å². The summed E-state index contributed by atoms with van der Waals surface area (Å²) in [5.41, 5.74) is 7.28. The van der Waals surface area contributed by atoms with Crippen LogP contribution < -0.4 is 10.6 Å². The average molecular weight is 341 g/mol. The van der Waals surface area contributed by atoms with Crippen molar-refractivity contribution in [1.82, 2.24) is 0 Å². The van der Waals surface area contributed by atoms with Gasteiger partial charge in [-0.15, -0.1) is 0 Å². The standard InChI is InChI=1S/C15H21BrN2O2/c1-10(19)13-9-12(16)2-3-14(13)18-6-4-11(5-7-18)8-15(17)20/h2-3,9-11,19H,4-8H2,1H3,(H2,17,20). The number of aliphatic hydroxyl groups is 1. The van der Waals surface area contributed by atoms with Crippen LogP contribution in [-0.4, -0.2) is 24.1 Å². The molecule has 0 radical (unpaired) electrons. The van der Waals surface area contributed by atoms with Gasteiger partial charge in [0, 0.05) is 35.2 Å². The Hall–Kier alpha value is -1.07. The van der Waals surface area contributed by atoms with Gasteiger partial charge < -0.3 is 15.7 Å². The lowest BCUT2D eigenvalue weighted by Gasteiger charge is -2.35. The maximum absolute atomic E-state index is 11.0. The molecular formula is C15H21BrN2O2. The average Bonchev–Trinajstić information content (AvgIpc) is 2.39. The first-order valence-corrected chi connectivity index (χ1v) is 7.77. The fraction of sp³-hybridized carbons (Fsp3) is 0.533. The van der Waals surface area contributed by atoms with E-state index in [-0.39, 0.29) is 5.91 Å². The highest BCUT2D eigenvalue weighted by atomic mass is 79.9. The number of carbonyl (C=O) groups excluding carboxylic acids is 1. The minimum Gasteiger partial charge on any atom is -0.389 e. The van der Waals surface area contributed by atoms with Crippen molar-refractivity contribution in [2.24, 2.45) is 11.7 Å². The predicted molar refractivity (Wildman–Crippen MR) is 83.5 cm³/mol. The van der Waals surface area contributed by atoms with Crippen LogP contribution in [0.1, 0.15) is 37.9 Å². The summed E-state index contributed by atoms with van der Waals surface area (Å²) in [5, 5.41) is 9.92. The van der Waals surface area contributed by atoms with E-state index in [4.69, 9.17) is 5.73 Å². The van der Waals surface area contributed by atoms with Crippen LogP contribution in [0.3, 0.4) is 0 Å². The summed E-state index contributed by atoms with van der Waals surface area (Å²) in [6.07, 6.45) is 1.93. The molecule has 5 heteroatoms. The van der Waals surface area contributed by atoms with Gasteiger partial charge in [0.25, 0.3) is 0 Å². The van der Waals surface area contributed by atoms with Gasteiger partial charge in [-0.2, -0.15) is 0 Å². The van der Waals surface area contributed by atoms with Crippen LogP contribution in [-0.2, 0) is 4.79 Å². The summed E-state index contributed by atoms with van der Waals surface area (Å²) in [6.45, 7) is 3.59. The third kappa shape index (κ3) is 3.73. The van der Waals surface area contributed by atoms with Crippen molar-refractivity contribution in [2.45, 2.75) is 32.3 Å². The number of anilines is 1. The number of hydrogen-bond acceptors (Lipinski definition) is 3. The van der Waals surface area contributed by atoms with Crippen LogP contribution in [0.4, 0.5) is 5.69 Å². The summed E-state index contributed by atoms with van der Waals surface area (Å²) in [5.74, 6) is 0.186. The molecule has 0 spiro atoms. The van der Waals surface area contributed by atoms with Gasteiger partial charge >= 0.3 is 0 Å². The molecule has 1 amide bonds. The maximum Gasteiger partial charge on any atom is 0.217 e. The molecule has 110 valence electrons. The Labute approximate surface area is 128 Å². The van der Waals surface area contributed by atoms with Crippen LogP contribution >= 0.6 is 15.9 Å². The van der Waals surface area contributed by atoms with E-state index in [0.717, 1.165) is 41.7 Å². The molecule has 1 aliphatic heterocycles. The first-order valence-electron chi connectivity index (χ1n) is 6.98. The van der Waals surface area contributed by atoms with Gasteiger partial charge in [-0.3, -0.25) is 4.79 Å². The summed E-state index contributed by atoms with van der Waals surface area (Å²) >= 11 is 3.44. The number of amides is 1. The molecule has 4 nitrogen and oxygen atoms in total. The van der Waals surface area contributed by atoms with E-state index in [1.54, 1.807) is 6.92 Å². The number of aliphatic hydroxyl groups excluding tert-OH is 1. The molecule has 1 atom stereocenters. The van der Waals surface area contributed by atoms with Crippen LogP contribution in [0.25, 0.3) is 0 Å². The van der Waals surface area contributed by atoms with Crippen LogP contribution in [0.15, 0.2) is 22.7 Å². The highest BCUT2D eigenvalue weighted by molar-refractivity contribution is 9.10. The lowest BCUT2D eigenvalue weighted by molar-refractivity contribution is -0.119. The second-order valence-electron chi connectivity index (χ2n) is 5.48. The summed E-state index contributed by atoms with van der Waals surface area (Å²) in [4.78, 5) is 13.3. The number of primary amides is 1. The van der Waals surface area contributed by atoms with Crippen molar-refractivity contribution in [2.75, 3.05) is 18.0 Å². The highest BCUT2D eigenvalue weighted by Crippen LogP contribution is 2.32. The Kier molecular flexibility index (Phi) is 5.05. The molecule has 1 unspecified atom stereocenters. The second-order valence-corrected chi connectivity index (χ2v) is 6.40. The molecule has 0 aliphatic carbocycles. The number of halogens is 1. The molecule has 0 aromatic heterocycles. The number of carbonyl (C=O) groups is 1. The number of benzene rings is 1.